The van der Waals surface area contributed by atoms with Crippen molar-refractivity contribution < 1.29 is 26.4 Å². The molecule has 1 amide bonds. The Labute approximate surface area is 204 Å². The van der Waals surface area contributed by atoms with Crippen LogP contribution in [-0.4, -0.2) is 25.6 Å². The van der Waals surface area contributed by atoms with Crippen molar-refractivity contribution in [2.75, 3.05) is 11.6 Å². The normalized spacial score (nSPS) is 11.9. The van der Waals surface area contributed by atoms with Gasteiger partial charge in [0.25, 0.3) is 5.91 Å². The van der Waals surface area contributed by atoms with Crippen LogP contribution in [0.3, 0.4) is 0 Å². The highest BCUT2D eigenvalue weighted by Gasteiger charge is 2.30. The third kappa shape index (κ3) is 5.41. The summed E-state index contributed by atoms with van der Waals surface area (Å²) < 4.78 is 63.2. The van der Waals surface area contributed by atoms with E-state index in [1.807, 2.05) is 6.07 Å². The van der Waals surface area contributed by atoms with Crippen LogP contribution in [-0.2, 0) is 16.0 Å². The largest absolute Gasteiger partial charge is 0.416 e. The molecule has 4 aromatic rings. The van der Waals surface area contributed by atoms with Gasteiger partial charge in [0.2, 0.25) is 0 Å². The third-order valence-electron chi connectivity index (χ3n) is 5.30. The van der Waals surface area contributed by atoms with Crippen molar-refractivity contribution in [1.29, 1.82) is 0 Å². The molecule has 0 aliphatic heterocycles. The molecule has 0 saturated carbocycles. The lowest BCUT2D eigenvalue weighted by atomic mass is 9.98. The van der Waals surface area contributed by atoms with Gasteiger partial charge >= 0.3 is 6.18 Å². The summed E-state index contributed by atoms with van der Waals surface area (Å²) in [7, 11) is -3.63. The van der Waals surface area contributed by atoms with Crippen molar-refractivity contribution in [2.24, 2.45) is 0 Å². The molecule has 0 spiro atoms. The van der Waals surface area contributed by atoms with Crippen molar-refractivity contribution in [1.82, 2.24) is 4.98 Å². The second-order valence-corrected chi connectivity index (χ2v) is 10.2. The van der Waals surface area contributed by atoms with Crippen LogP contribution in [0.4, 0.5) is 18.9 Å². The molecule has 5 nitrogen and oxygen atoms in total. The summed E-state index contributed by atoms with van der Waals surface area (Å²) in [6.07, 6.45) is -1.79. The molecule has 0 radical (unpaired) electrons. The Balaban J connectivity index is 1.74. The highest BCUT2D eigenvalue weighted by atomic mass is 35.5. The molecule has 2 N–H and O–H groups in total. The number of halogens is 4. The number of aromatic amines is 1. The van der Waals surface area contributed by atoms with Crippen LogP contribution in [0.5, 0.6) is 0 Å². The zero-order valence-corrected chi connectivity index (χ0v) is 19.7. The standard InChI is InChI=1S/C25H18ClF3N2O3S/c1-35(33,34)18-9-10-19(20(14-18)15-4-6-16(7-5-15)25(27,28)29)24(32)31-17-8-11-22(26)21(13-17)23-3-2-12-30-23/h2-14,30H,1H3,(H,31,32). The van der Waals surface area contributed by atoms with Gasteiger partial charge in [-0.15, -0.1) is 0 Å². The van der Waals surface area contributed by atoms with E-state index in [9.17, 15) is 26.4 Å². The average Bonchev–Trinajstić information content (AvgIpc) is 3.33. The molecule has 4 rings (SSSR count). The van der Waals surface area contributed by atoms with Crippen LogP contribution >= 0.6 is 11.6 Å². The summed E-state index contributed by atoms with van der Waals surface area (Å²) >= 11 is 6.28. The van der Waals surface area contributed by atoms with Crippen molar-refractivity contribution in [3.63, 3.8) is 0 Å². The molecule has 0 saturated heterocycles. The summed E-state index contributed by atoms with van der Waals surface area (Å²) in [5.74, 6) is -0.570. The van der Waals surface area contributed by atoms with E-state index in [4.69, 9.17) is 11.6 Å². The molecule has 180 valence electrons. The van der Waals surface area contributed by atoms with Crippen LogP contribution in [0.15, 0.2) is 83.9 Å². The summed E-state index contributed by atoms with van der Waals surface area (Å²) in [6, 6.07) is 16.6. The maximum atomic E-state index is 13.2. The molecule has 1 heterocycles. The molecule has 10 heteroatoms. The Hall–Kier alpha value is -3.56. The number of rotatable bonds is 5. The number of carbonyl (C=O) groups excluding carboxylic acids is 1. The first-order chi connectivity index (χ1) is 16.4. The lowest BCUT2D eigenvalue weighted by molar-refractivity contribution is -0.137. The van der Waals surface area contributed by atoms with Crippen molar-refractivity contribution in [2.45, 2.75) is 11.1 Å². The van der Waals surface area contributed by atoms with Crippen molar-refractivity contribution >= 4 is 33.0 Å². The smallest absolute Gasteiger partial charge is 0.361 e. The number of hydrogen-bond donors (Lipinski definition) is 2. The van der Waals surface area contributed by atoms with Gasteiger partial charge in [-0.05, 0) is 71.8 Å². The number of aromatic nitrogens is 1. The molecule has 0 aliphatic carbocycles. The first-order valence-electron chi connectivity index (χ1n) is 10.2. The molecule has 0 aliphatic rings. The number of anilines is 1. The van der Waals surface area contributed by atoms with Crippen LogP contribution < -0.4 is 5.32 Å². The molecule has 0 bridgehead atoms. The highest BCUT2D eigenvalue weighted by Crippen LogP contribution is 2.34. The fourth-order valence-corrected chi connectivity index (χ4v) is 4.40. The lowest BCUT2D eigenvalue weighted by Gasteiger charge is -2.14. The Morgan fingerprint density at radius 3 is 2.26 bits per heavy atom. The van der Waals surface area contributed by atoms with Gasteiger partial charge in [-0.3, -0.25) is 4.79 Å². The number of sulfone groups is 1. The molecule has 0 fully saturated rings. The van der Waals surface area contributed by atoms with E-state index in [0.717, 1.165) is 24.1 Å². The number of amides is 1. The van der Waals surface area contributed by atoms with E-state index < -0.39 is 27.5 Å². The van der Waals surface area contributed by atoms with Crippen molar-refractivity contribution in [3.8, 4) is 22.4 Å². The molecule has 0 atom stereocenters. The Morgan fingerprint density at radius 2 is 1.66 bits per heavy atom. The van der Waals surface area contributed by atoms with E-state index >= 15 is 0 Å². The molecule has 35 heavy (non-hydrogen) atoms. The number of benzene rings is 3. The van der Waals surface area contributed by atoms with E-state index in [0.29, 0.717) is 16.3 Å². The summed E-state index contributed by atoms with van der Waals surface area (Å²) in [6.45, 7) is 0. The Bertz CT molecular complexity index is 1500. The minimum Gasteiger partial charge on any atom is -0.361 e. The van der Waals surface area contributed by atoms with Crippen LogP contribution in [0.25, 0.3) is 22.4 Å². The zero-order chi connectivity index (χ0) is 25.4. The van der Waals surface area contributed by atoms with Crippen molar-refractivity contribution in [3.05, 3.63) is 95.1 Å². The monoisotopic (exact) mass is 518 g/mol. The fourth-order valence-electron chi connectivity index (χ4n) is 3.54. The topological polar surface area (TPSA) is 79.0 Å². The number of alkyl halides is 3. The summed E-state index contributed by atoms with van der Waals surface area (Å²) in [5.41, 5.74) is 1.50. The van der Waals surface area contributed by atoms with E-state index in [1.165, 1.54) is 30.3 Å². The van der Waals surface area contributed by atoms with Gasteiger partial charge < -0.3 is 10.3 Å². The Morgan fingerprint density at radius 1 is 0.943 bits per heavy atom. The van der Waals surface area contributed by atoms with Gasteiger partial charge in [0, 0.05) is 35.0 Å². The molecule has 0 unspecified atom stereocenters. The van der Waals surface area contributed by atoms with Gasteiger partial charge in [-0.2, -0.15) is 13.2 Å². The minimum atomic E-state index is -4.53. The SMILES string of the molecule is CS(=O)(=O)c1ccc(C(=O)Nc2ccc(Cl)c(-c3ccc[nH]3)c2)c(-c2ccc(C(F)(F)F)cc2)c1. The van der Waals surface area contributed by atoms with Gasteiger partial charge in [0.05, 0.1) is 15.5 Å². The second kappa shape index (κ2) is 9.24. The quantitative estimate of drug-likeness (QED) is 0.309. The number of H-pyrrole nitrogens is 1. The maximum absolute atomic E-state index is 13.2. The first kappa shape index (κ1) is 24.6. The highest BCUT2D eigenvalue weighted by molar-refractivity contribution is 7.90. The summed E-state index contributed by atoms with van der Waals surface area (Å²) in [4.78, 5) is 16.2. The molecule has 3 aromatic carbocycles. The fraction of sp³-hybridized carbons (Fsp3) is 0.0800. The molecular weight excluding hydrogens is 501 g/mol. The average molecular weight is 519 g/mol. The Kier molecular flexibility index (Phi) is 6.48. The van der Waals surface area contributed by atoms with Gasteiger partial charge in [0.15, 0.2) is 9.84 Å². The molecular formula is C25H18ClF3N2O3S. The zero-order valence-electron chi connectivity index (χ0n) is 18.2. The maximum Gasteiger partial charge on any atom is 0.416 e. The van der Waals surface area contributed by atoms with Gasteiger partial charge in [-0.25, -0.2) is 8.42 Å². The van der Waals surface area contributed by atoms with E-state index in [-0.39, 0.29) is 21.6 Å². The van der Waals surface area contributed by atoms with Crippen LogP contribution in [0, 0.1) is 0 Å². The van der Waals surface area contributed by atoms with Gasteiger partial charge in [0.1, 0.15) is 0 Å². The number of carbonyl (C=O) groups is 1. The van der Waals surface area contributed by atoms with E-state index in [1.54, 1.807) is 30.5 Å². The summed E-state index contributed by atoms with van der Waals surface area (Å²) in [5, 5.41) is 3.22. The first-order valence-corrected chi connectivity index (χ1v) is 12.5. The van der Waals surface area contributed by atoms with Crippen LogP contribution in [0.1, 0.15) is 15.9 Å². The second-order valence-electron chi connectivity index (χ2n) is 7.79. The predicted octanol–water partition coefficient (Wildman–Crippen LogP) is 6.68. The number of nitrogens with one attached hydrogen (secondary N) is 2. The van der Waals surface area contributed by atoms with Gasteiger partial charge in [-0.1, -0.05) is 23.7 Å². The number of hydrogen-bond acceptors (Lipinski definition) is 3. The lowest BCUT2D eigenvalue weighted by Crippen LogP contribution is -2.14. The minimum absolute atomic E-state index is 0.0653. The molecule has 1 aromatic heterocycles. The van der Waals surface area contributed by atoms with Crippen LogP contribution in [0.2, 0.25) is 5.02 Å². The third-order valence-corrected chi connectivity index (χ3v) is 6.74. The van der Waals surface area contributed by atoms with E-state index in [2.05, 4.69) is 10.3 Å². The predicted molar refractivity (Wildman–Crippen MR) is 129 cm³/mol.